The zero-order valence-corrected chi connectivity index (χ0v) is 19.0. The van der Waals surface area contributed by atoms with Crippen molar-refractivity contribution in [3.8, 4) is 5.75 Å². The lowest BCUT2D eigenvalue weighted by Crippen LogP contribution is -2.27. The number of carbonyl (C=O) groups is 2. The first kappa shape index (κ1) is 24.4. The minimum atomic E-state index is -0.945. The van der Waals surface area contributed by atoms with E-state index in [1.54, 1.807) is 26.0 Å². The molecule has 0 saturated heterocycles. The smallest absolute Gasteiger partial charge is 0.327 e. The number of rotatable bonds is 9. The topological polar surface area (TPSA) is 87.9 Å². The van der Waals surface area contributed by atoms with Crippen LogP contribution in [0.3, 0.4) is 0 Å². The number of esters is 2. The molecule has 0 radical (unpaired) electrons. The van der Waals surface area contributed by atoms with Gasteiger partial charge < -0.3 is 19.9 Å². The molecule has 0 aliphatic carbocycles. The Morgan fingerprint density at radius 3 is 2.32 bits per heavy atom. The molecule has 0 spiro atoms. The maximum atomic E-state index is 12.4. The fraction of sp³-hybridized carbons (Fsp3) is 0.440. The van der Waals surface area contributed by atoms with E-state index in [0.29, 0.717) is 24.3 Å². The van der Waals surface area contributed by atoms with Crippen LogP contribution in [0, 0.1) is 0 Å². The summed E-state index contributed by atoms with van der Waals surface area (Å²) in [6.45, 7) is 9.43. The average Bonchev–Trinajstić information content (AvgIpc) is 2.69. The van der Waals surface area contributed by atoms with E-state index >= 15 is 0 Å². The van der Waals surface area contributed by atoms with Crippen molar-refractivity contribution in [1.29, 1.82) is 0 Å². The molecular weight excluding hydrogens is 394 g/mol. The van der Waals surface area contributed by atoms with Gasteiger partial charge in [-0.05, 0) is 69.9 Å². The molecule has 1 unspecified atom stereocenters. The van der Waals surface area contributed by atoms with Gasteiger partial charge in [0.1, 0.15) is 24.0 Å². The summed E-state index contributed by atoms with van der Waals surface area (Å²) in [6, 6.07) is 14.2. The van der Waals surface area contributed by atoms with Crippen molar-refractivity contribution >= 4 is 11.9 Å². The molecule has 2 aromatic rings. The number of ether oxygens (including phenoxy) is 3. The monoisotopic (exact) mass is 427 g/mol. The van der Waals surface area contributed by atoms with E-state index in [1.807, 2.05) is 57.2 Å². The van der Waals surface area contributed by atoms with Gasteiger partial charge in [-0.3, -0.25) is 4.79 Å². The standard InChI is InChI=1S/C25H33NO5/c1-17(2)30-24(28)23(26)21-13-12-20(29-16-18-9-7-6-8-10-18)15-19(21)11-14-22(27)31-25(3,4)5/h6-10,12-13,15,17,23H,11,14,16,26H2,1-5H3. The highest BCUT2D eigenvalue weighted by Crippen LogP contribution is 2.26. The Morgan fingerprint density at radius 2 is 1.71 bits per heavy atom. The second kappa shape index (κ2) is 11.0. The quantitative estimate of drug-likeness (QED) is 0.593. The molecule has 0 saturated carbocycles. The lowest BCUT2D eigenvalue weighted by atomic mass is 9.97. The summed E-state index contributed by atoms with van der Waals surface area (Å²) in [5.74, 6) is -0.185. The van der Waals surface area contributed by atoms with E-state index in [9.17, 15) is 9.59 Å². The van der Waals surface area contributed by atoms with Gasteiger partial charge >= 0.3 is 11.9 Å². The van der Waals surface area contributed by atoms with Crippen LogP contribution < -0.4 is 10.5 Å². The summed E-state index contributed by atoms with van der Waals surface area (Å²) in [4.78, 5) is 24.6. The van der Waals surface area contributed by atoms with Crippen LogP contribution in [-0.4, -0.2) is 23.6 Å². The van der Waals surface area contributed by atoms with Crippen LogP contribution in [0.25, 0.3) is 0 Å². The summed E-state index contributed by atoms with van der Waals surface area (Å²) in [6.07, 6.45) is 0.269. The third-order valence-electron chi connectivity index (χ3n) is 4.32. The molecule has 0 heterocycles. The number of carbonyl (C=O) groups excluding carboxylic acids is 2. The number of nitrogens with two attached hydrogens (primary N) is 1. The van der Waals surface area contributed by atoms with Crippen LogP contribution in [0.15, 0.2) is 48.5 Å². The minimum absolute atomic E-state index is 0.165. The molecule has 0 aliphatic heterocycles. The molecule has 6 heteroatoms. The predicted molar refractivity (Wildman–Crippen MR) is 120 cm³/mol. The summed E-state index contributed by atoms with van der Waals surface area (Å²) in [5.41, 5.74) is 8.03. The highest BCUT2D eigenvalue weighted by Gasteiger charge is 2.23. The molecule has 168 valence electrons. The third kappa shape index (κ3) is 8.42. The largest absolute Gasteiger partial charge is 0.489 e. The van der Waals surface area contributed by atoms with Crippen molar-refractivity contribution in [2.24, 2.45) is 5.73 Å². The summed E-state index contributed by atoms with van der Waals surface area (Å²) < 4.78 is 16.6. The Labute approximate surface area is 184 Å². The van der Waals surface area contributed by atoms with Crippen LogP contribution in [0.4, 0.5) is 0 Å². The average molecular weight is 428 g/mol. The predicted octanol–water partition coefficient (Wildman–Crippen LogP) is 4.49. The van der Waals surface area contributed by atoms with Crippen LogP contribution >= 0.6 is 0 Å². The number of hydrogen-bond donors (Lipinski definition) is 1. The highest BCUT2D eigenvalue weighted by atomic mass is 16.6. The molecule has 6 nitrogen and oxygen atoms in total. The molecular formula is C25H33NO5. The van der Waals surface area contributed by atoms with Crippen LogP contribution in [0.2, 0.25) is 0 Å². The summed E-state index contributed by atoms with van der Waals surface area (Å²) in [5, 5.41) is 0. The van der Waals surface area contributed by atoms with Gasteiger partial charge in [-0.2, -0.15) is 0 Å². The SMILES string of the molecule is CC(C)OC(=O)C(N)c1ccc(OCc2ccccc2)cc1CCC(=O)OC(C)(C)C. The zero-order chi connectivity index (χ0) is 23.0. The number of hydrogen-bond acceptors (Lipinski definition) is 6. The molecule has 1 atom stereocenters. The minimum Gasteiger partial charge on any atom is -0.489 e. The van der Waals surface area contributed by atoms with E-state index in [-0.39, 0.29) is 18.5 Å². The van der Waals surface area contributed by atoms with E-state index in [2.05, 4.69) is 0 Å². The molecule has 0 bridgehead atoms. The van der Waals surface area contributed by atoms with Crippen molar-refractivity contribution in [3.63, 3.8) is 0 Å². The third-order valence-corrected chi connectivity index (χ3v) is 4.32. The second-order valence-electron chi connectivity index (χ2n) is 8.68. The molecule has 2 N–H and O–H groups in total. The Hall–Kier alpha value is -2.86. The molecule has 0 amide bonds. The Bertz CT molecular complexity index is 871. The Balaban J connectivity index is 2.20. The first-order chi connectivity index (χ1) is 14.5. The van der Waals surface area contributed by atoms with Gasteiger partial charge in [0.2, 0.25) is 0 Å². The molecule has 31 heavy (non-hydrogen) atoms. The van der Waals surface area contributed by atoms with Gasteiger partial charge in [0.15, 0.2) is 0 Å². The lowest BCUT2D eigenvalue weighted by molar-refractivity contribution is -0.154. The Morgan fingerprint density at radius 1 is 1.03 bits per heavy atom. The van der Waals surface area contributed by atoms with E-state index in [0.717, 1.165) is 11.1 Å². The van der Waals surface area contributed by atoms with Crippen molar-refractivity contribution in [2.45, 2.75) is 71.8 Å². The first-order valence-corrected chi connectivity index (χ1v) is 10.5. The maximum Gasteiger partial charge on any atom is 0.327 e. The fourth-order valence-corrected chi connectivity index (χ4v) is 2.99. The Kier molecular flexibility index (Phi) is 8.63. The van der Waals surface area contributed by atoms with Crippen molar-refractivity contribution in [2.75, 3.05) is 0 Å². The van der Waals surface area contributed by atoms with Gasteiger partial charge in [-0.1, -0.05) is 36.4 Å². The van der Waals surface area contributed by atoms with Gasteiger partial charge in [0.25, 0.3) is 0 Å². The van der Waals surface area contributed by atoms with Crippen LogP contribution in [0.5, 0.6) is 5.75 Å². The van der Waals surface area contributed by atoms with E-state index in [4.69, 9.17) is 19.9 Å². The maximum absolute atomic E-state index is 12.4. The highest BCUT2D eigenvalue weighted by molar-refractivity contribution is 5.78. The molecule has 0 fully saturated rings. The van der Waals surface area contributed by atoms with Gasteiger partial charge in [-0.15, -0.1) is 0 Å². The summed E-state index contributed by atoms with van der Waals surface area (Å²) in [7, 11) is 0. The van der Waals surface area contributed by atoms with Crippen molar-refractivity contribution in [3.05, 3.63) is 65.2 Å². The van der Waals surface area contributed by atoms with Gasteiger partial charge in [0, 0.05) is 6.42 Å². The summed E-state index contributed by atoms with van der Waals surface area (Å²) >= 11 is 0. The van der Waals surface area contributed by atoms with Gasteiger partial charge in [0.05, 0.1) is 6.10 Å². The molecule has 2 rings (SSSR count). The number of benzene rings is 2. The second-order valence-corrected chi connectivity index (χ2v) is 8.68. The zero-order valence-electron chi connectivity index (χ0n) is 19.0. The van der Waals surface area contributed by atoms with E-state index in [1.165, 1.54) is 0 Å². The normalized spacial score (nSPS) is 12.4. The van der Waals surface area contributed by atoms with Crippen LogP contribution in [-0.2, 0) is 32.1 Å². The fourth-order valence-electron chi connectivity index (χ4n) is 2.99. The van der Waals surface area contributed by atoms with Gasteiger partial charge in [-0.25, -0.2) is 4.79 Å². The number of aryl methyl sites for hydroxylation is 1. The van der Waals surface area contributed by atoms with Crippen molar-refractivity contribution < 1.29 is 23.8 Å². The van der Waals surface area contributed by atoms with Crippen LogP contribution in [0.1, 0.15) is 63.8 Å². The molecule has 0 aliphatic rings. The first-order valence-electron chi connectivity index (χ1n) is 10.5. The van der Waals surface area contributed by atoms with E-state index < -0.39 is 17.6 Å². The molecule has 2 aromatic carbocycles. The van der Waals surface area contributed by atoms with Crippen molar-refractivity contribution in [1.82, 2.24) is 0 Å². The lowest BCUT2D eigenvalue weighted by Gasteiger charge is -2.21. The molecule has 0 aromatic heterocycles.